The van der Waals surface area contributed by atoms with Crippen LogP contribution in [0.3, 0.4) is 0 Å². The molecule has 3 aromatic rings. The van der Waals surface area contributed by atoms with Gasteiger partial charge in [0.05, 0.1) is 12.8 Å². The monoisotopic (exact) mass is 580 g/mol. The van der Waals surface area contributed by atoms with Crippen molar-refractivity contribution in [3.63, 3.8) is 0 Å². The van der Waals surface area contributed by atoms with E-state index in [1.54, 1.807) is 60.7 Å². The van der Waals surface area contributed by atoms with Crippen LogP contribution < -0.4 is 19.7 Å². The highest BCUT2D eigenvalue weighted by Gasteiger charge is 2.36. The number of amides is 4. The van der Waals surface area contributed by atoms with Gasteiger partial charge in [0, 0.05) is 15.6 Å². The van der Waals surface area contributed by atoms with Gasteiger partial charge in [-0.1, -0.05) is 45.7 Å². The van der Waals surface area contributed by atoms with Crippen molar-refractivity contribution in [1.82, 2.24) is 5.32 Å². The lowest BCUT2D eigenvalue weighted by Crippen LogP contribution is -2.54. The number of ether oxygens (including phenoxy) is 2. The van der Waals surface area contributed by atoms with Gasteiger partial charge in [0.1, 0.15) is 5.57 Å². The van der Waals surface area contributed by atoms with E-state index in [4.69, 9.17) is 21.1 Å². The highest BCUT2D eigenvalue weighted by atomic mass is 79.9. The van der Waals surface area contributed by atoms with Crippen LogP contribution in [0.5, 0.6) is 11.5 Å². The number of nitrogens with zero attached hydrogens (tertiary/aromatic N) is 1. The maximum atomic E-state index is 13.1. The SMILES string of the molecule is COc1cc(/C=C2\C(=O)NC(=O)N(c3ccc(Br)cc3)C2=O)ccc1OC(=O)/C=C/c1ccc(Cl)cc1. The van der Waals surface area contributed by atoms with Crippen molar-refractivity contribution in [3.8, 4) is 11.5 Å². The van der Waals surface area contributed by atoms with Gasteiger partial charge in [-0.15, -0.1) is 0 Å². The zero-order chi connectivity index (χ0) is 26.5. The quantitative estimate of drug-likeness (QED) is 0.181. The Hall–Kier alpha value is -4.21. The van der Waals surface area contributed by atoms with E-state index >= 15 is 0 Å². The smallest absolute Gasteiger partial charge is 0.336 e. The van der Waals surface area contributed by atoms with Gasteiger partial charge in [-0.05, 0) is 71.8 Å². The first-order chi connectivity index (χ1) is 17.7. The van der Waals surface area contributed by atoms with Gasteiger partial charge in [0.25, 0.3) is 11.8 Å². The zero-order valence-electron chi connectivity index (χ0n) is 19.2. The number of barbiturate groups is 1. The third-order valence-corrected chi connectivity index (χ3v) is 5.96. The average Bonchev–Trinajstić information content (AvgIpc) is 2.88. The van der Waals surface area contributed by atoms with Gasteiger partial charge in [-0.2, -0.15) is 0 Å². The molecule has 0 spiro atoms. The fraction of sp³-hybridized carbons (Fsp3) is 0.0370. The predicted octanol–water partition coefficient (Wildman–Crippen LogP) is 5.40. The third kappa shape index (κ3) is 6.14. The molecule has 1 N–H and O–H groups in total. The average molecular weight is 582 g/mol. The number of nitrogens with one attached hydrogen (secondary N) is 1. The number of imide groups is 2. The molecule has 0 saturated carbocycles. The predicted molar refractivity (Wildman–Crippen MR) is 142 cm³/mol. The van der Waals surface area contributed by atoms with Crippen molar-refractivity contribution in [2.24, 2.45) is 0 Å². The van der Waals surface area contributed by atoms with Crippen LogP contribution >= 0.6 is 27.5 Å². The number of benzene rings is 3. The van der Waals surface area contributed by atoms with Crippen LogP contribution in [0.2, 0.25) is 5.02 Å². The molecule has 0 unspecified atom stereocenters. The number of carbonyl (C=O) groups is 4. The Labute approximate surface area is 225 Å². The Morgan fingerprint density at radius 2 is 1.62 bits per heavy atom. The molecule has 3 aromatic carbocycles. The molecule has 4 rings (SSSR count). The minimum Gasteiger partial charge on any atom is -0.493 e. The van der Waals surface area contributed by atoms with Crippen molar-refractivity contribution in [2.75, 3.05) is 12.0 Å². The number of anilines is 1. The summed E-state index contributed by atoms with van der Waals surface area (Å²) in [5.41, 5.74) is 1.23. The highest BCUT2D eigenvalue weighted by Crippen LogP contribution is 2.30. The second-order valence-corrected chi connectivity index (χ2v) is 9.00. The van der Waals surface area contributed by atoms with Crippen LogP contribution in [0.1, 0.15) is 11.1 Å². The molecule has 1 aliphatic rings. The number of urea groups is 1. The number of halogens is 2. The van der Waals surface area contributed by atoms with Gasteiger partial charge in [-0.3, -0.25) is 14.9 Å². The zero-order valence-corrected chi connectivity index (χ0v) is 21.6. The molecular formula is C27H18BrClN2O6. The minimum atomic E-state index is -0.846. The largest absolute Gasteiger partial charge is 0.493 e. The molecule has 1 fully saturated rings. The van der Waals surface area contributed by atoms with Crippen molar-refractivity contribution < 1.29 is 28.7 Å². The number of rotatable bonds is 6. The van der Waals surface area contributed by atoms with Crippen molar-refractivity contribution in [3.05, 3.63) is 99.0 Å². The summed E-state index contributed by atoms with van der Waals surface area (Å²) in [5, 5.41) is 2.75. The summed E-state index contributed by atoms with van der Waals surface area (Å²) in [6.45, 7) is 0. The van der Waals surface area contributed by atoms with Gasteiger partial charge in [0.2, 0.25) is 0 Å². The van der Waals surface area contributed by atoms with E-state index in [1.807, 2.05) is 0 Å². The number of methoxy groups -OCH3 is 1. The molecule has 10 heteroatoms. The summed E-state index contributed by atoms with van der Waals surface area (Å²) >= 11 is 9.16. The first-order valence-electron chi connectivity index (χ1n) is 10.8. The van der Waals surface area contributed by atoms with E-state index in [0.717, 1.165) is 14.9 Å². The van der Waals surface area contributed by atoms with Crippen molar-refractivity contribution in [2.45, 2.75) is 0 Å². The second kappa shape index (κ2) is 11.2. The summed E-state index contributed by atoms with van der Waals surface area (Å²) < 4.78 is 11.5. The lowest BCUT2D eigenvalue weighted by molar-refractivity contribution is -0.129. The normalized spacial score (nSPS) is 14.7. The fourth-order valence-electron chi connectivity index (χ4n) is 3.39. The molecule has 1 heterocycles. The van der Waals surface area contributed by atoms with Gasteiger partial charge in [0.15, 0.2) is 11.5 Å². The first-order valence-corrected chi connectivity index (χ1v) is 11.9. The lowest BCUT2D eigenvalue weighted by atomic mass is 10.1. The van der Waals surface area contributed by atoms with E-state index in [9.17, 15) is 19.2 Å². The molecule has 4 amide bonds. The number of hydrogen-bond acceptors (Lipinski definition) is 6. The molecule has 0 bridgehead atoms. The van der Waals surface area contributed by atoms with E-state index in [0.29, 0.717) is 16.3 Å². The number of esters is 1. The van der Waals surface area contributed by atoms with Crippen molar-refractivity contribution in [1.29, 1.82) is 0 Å². The Kier molecular flexibility index (Phi) is 7.86. The molecular weight excluding hydrogens is 564 g/mol. The molecule has 0 atom stereocenters. The molecule has 0 radical (unpaired) electrons. The summed E-state index contributed by atoms with van der Waals surface area (Å²) in [4.78, 5) is 51.0. The summed E-state index contributed by atoms with van der Waals surface area (Å²) in [6.07, 6.45) is 4.16. The molecule has 1 saturated heterocycles. The summed E-state index contributed by atoms with van der Waals surface area (Å²) in [6, 6.07) is 17.1. The standard InChI is InChI=1S/C27H18BrClN2O6/c1-36-23-15-17(4-12-22(23)37-24(32)13-5-16-2-8-19(29)9-3-16)14-21-25(33)30-27(35)31(26(21)34)20-10-6-18(28)7-11-20/h2-15H,1H3,(H,30,33,35)/b13-5+,21-14+. The van der Waals surface area contributed by atoms with Crippen LogP contribution in [-0.4, -0.2) is 30.9 Å². The van der Waals surface area contributed by atoms with Crippen LogP contribution in [-0.2, 0) is 14.4 Å². The van der Waals surface area contributed by atoms with Crippen LogP contribution in [0.4, 0.5) is 10.5 Å². The maximum Gasteiger partial charge on any atom is 0.336 e. The molecule has 186 valence electrons. The van der Waals surface area contributed by atoms with E-state index in [-0.39, 0.29) is 17.1 Å². The Balaban J connectivity index is 1.55. The number of hydrogen-bond donors (Lipinski definition) is 1. The van der Waals surface area contributed by atoms with Gasteiger partial charge in [-0.25, -0.2) is 14.5 Å². The topological polar surface area (TPSA) is 102 Å². The maximum absolute atomic E-state index is 13.1. The van der Waals surface area contributed by atoms with Crippen LogP contribution in [0.15, 0.2) is 82.9 Å². The molecule has 0 aliphatic carbocycles. The molecule has 37 heavy (non-hydrogen) atoms. The van der Waals surface area contributed by atoms with E-state index in [2.05, 4.69) is 21.2 Å². The van der Waals surface area contributed by atoms with Gasteiger partial charge >= 0.3 is 12.0 Å². The molecule has 8 nitrogen and oxygen atoms in total. The van der Waals surface area contributed by atoms with Crippen molar-refractivity contribution >= 4 is 69.2 Å². The Morgan fingerprint density at radius 3 is 2.30 bits per heavy atom. The second-order valence-electron chi connectivity index (χ2n) is 7.65. The molecule has 1 aliphatic heterocycles. The fourth-order valence-corrected chi connectivity index (χ4v) is 3.78. The highest BCUT2D eigenvalue weighted by molar-refractivity contribution is 9.10. The lowest BCUT2D eigenvalue weighted by Gasteiger charge is -2.26. The Bertz CT molecular complexity index is 1450. The van der Waals surface area contributed by atoms with E-state index in [1.165, 1.54) is 31.4 Å². The Morgan fingerprint density at radius 1 is 0.946 bits per heavy atom. The van der Waals surface area contributed by atoms with Crippen LogP contribution in [0, 0.1) is 0 Å². The number of carbonyl (C=O) groups excluding carboxylic acids is 4. The third-order valence-electron chi connectivity index (χ3n) is 5.18. The van der Waals surface area contributed by atoms with E-state index < -0.39 is 23.8 Å². The first kappa shape index (κ1) is 25.9. The van der Waals surface area contributed by atoms with Gasteiger partial charge < -0.3 is 9.47 Å². The summed E-state index contributed by atoms with van der Waals surface area (Å²) in [5.74, 6) is -1.90. The summed E-state index contributed by atoms with van der Waals surface area (Å²) in [7, 11) is 1.39. The van der Waals surface area contributed by atoms with Crippen LogP contribution in [0.25, 0.3) is 12.2 Å². The minimum absolute atomic E-state index is 0.140. The molecule has 0 aromatic heterocycles.